The Bertz CT molecular complexity index is 962. The molecule has 11 heteroatoms. The summed E-state index contributed by atoms with van der Waals surface area (Å²) in [5.74, 6) is -0.105. The Kier molecular flexibility index (Phi) is 11.5. The van der Waals surface area contributed by atoms with Gasteiger partial charge in [0, 0.05) is 16.6 Å². The van der Waals surface area contributed by atoms with Gasteiger partial charge in [-0.3, -0.25) is 21.3 Å². The van der Waals surface area contributed by atoms with Gasteiger partial charge in [-0.1, -0.05) is 41.6 Å². The first-order valence-electron chi connectivity index (χ1n) is 7.29. The van der Waals surface area contributed by atoms with Crippen LogP contribution in [0.2, 0.25) is 5.02 Å². The number of hydrazone groups is 1. The first-order valence-corrected chi connectivity index (χ1v) is 8.07. The van der Waals surface area contributed by atoms with Crippen molar-refractivity contribution in [3.8, 4) is 5.75 Å². The Balaban J connectivity index is 0.00000243. The van der Waals surface area contributed by atoms with Crippen LogP contribution in [0.25, 0.3) is 10.9 Å². The standard InChI is InChI=1S/C17H14ClN5OS.ClH.H2O.Zn/c18-12-5-6-13-14(7-8-19-15(13)9-12)21-23-17(25)22-20-10-11-3-1-2-4-16(11)24;;;/h1-10,24H,(H,19,21)(H2,22,23,25);1H;1H2;/q;;;+2/p-2/b20-10+;;;. The minimum atomic E-state index is -0.105. The van der Waals surface area contributed by atoms with Crippen molar-refractivity contribution in [2.75, 3.05) is 5.43 Å². The SMILES string of the molecule is O.[Cl-].[O-]c1ccccc1/C=N/NC(=S)NNc1ccnc2cc(Cl)ccc12.[Zn+2]. The van der Waals surface area contributed by atoms with Crippen LogP contribution in [-0.4, -0.2) is 21.8 Å². The van der Waals surface area contributed by atoms with Crippen LogP contribution >= 0.6 is 23.8 Å². The third-order valence-corrected chi connectivity index (χ3v) is 3.73. The van der Waals surface area contributed by atoms with Crippen LogP contribution in [0.15, 0.2) is 59.8 Å². The van der Waals surface area contributed by atoms with E-state index in [2.05, 4.69) is 26.4 Å². The van der Waals surface area contributed by atoms with Crippen LogP contribution in [-0.2, 0) is 19.5 Å². The van der Waals surface area contributed by atoms with E-state index in [0.717, 1.165) is 16.6 Å². The second kappa shape index (κ2) is 12.4. The predicted molar refractivity (Wildman–Crippen MR) is 106 cm³/mol. The van der Waals surface area contributed by atoms with Gasteiger partial charge >= 0.3 is 19.5 Å². The van der Waals surface area contributed by atoms with E-state index >= 15 is 0 Å². The number of para-hydroxylation sites is 1. The fraction of sp³-hybridized carbons (Fsp3) is 0. The largest absolute Gasteiger partial charge is 2.00 e. The molecule has 0 aliphatic rings. The number of thiocarbonyl (C=S) groups is 1. The van der Waals surface area contributed by atoms with E-state index in [1.54, 1.807) is 36.5 Å². The maximum absolute atomic E-state index is 11.6. The second-order valence-corrected chi connectivity index (χ2v) is 5.85. The van der Waals surface area contributed by atoms with Gasteiger partial charge in [-0.2, -0.15) is 5.10 Å². The molecule has 0 amide bonds. The minimum absolute atomic E-state index is 0. The topological polar surface area (TPSA) is 116 Å². The molecular weight excluding hydrogens is 475 g/mol. The molecule has 0 saturated heterocycles. The zero-order valence-electron chi connectivity index (χ0n) is 14.4. The molecule has 0 aliphatic heterocycles. The average Bonchev–Trinajstić information content (AvgIpc) is 2.61. The van der Waals surface area contributed by atoms with E-state index in [0.29, 0.717) is 10.6 Å². The Morgan fingerprint density at radius 1 is 1.18 bits per heavy atom. The summed E-state index contributed by atoms with van der Waals surface area (Å²) in [5.41, 5.74) is 10.5. The molecule has 0 unspecified atom stereocenters. The first-order chi connectivity index (χ1) is 12.1. The normalized spacial score (nSPS) is 9.61. The number of pyridine rings is 1. The van der Waals surface area contributed by atoms with Gasteiger partial charge in [-0.05, 0) is 42.0 Å². The average molecular weight is 490 g/mol. The molecule has 1 aromatic heterocycles. The Morgan fingerprint density at radius 2 is 1.93 bits per heavy atom. The van der Waals surface area contributed by atoms with E-state index in [1.165, 1.54) is 12.3 Å². The number of halogens is 2. The van der Waals surface area contributed by atoms with Gasteiger partial charge in [0.15, 0.2) is 0 Å². The zero-order chi connectivity index (χ0) is 17.6. The Labute approximate surface area is 191 Å². The van der Waals surface area contributed by atoms with Crippen LogP contribution in [0.3, 0.4) is 0 Å². The molecule has 142 valence electrons. The summed E-state index contributed by atoms with van der Waals surface area (Å²) in [6.45, 7) is 0. The van der Waals surface area contributed by atoms with Gasteiger partial charge in [0.25, 0.3) is 0 Å². The molecule has 0 spiro atoms. The Hall–Kier alpha value is -2.03. The first kappa shape index (κ1) is 26.0. The molecule has 2 aromatic carbocycles. The molecule has 28 heavy (non-hydrogen) atoms. The van der Waals surface area contributed by atoms with Gasteiger partial charge in [-0.15, -0.1) is 0 Å². The zero-order valence-corrected chi connectivity index (χ0v) is 19.7. The van der Waals surface area contributed by atoms with Crippen LogP contribution in [0.1, 0.15) is 5.56 Å². The van der Waals surface area contributed by atoms with E-state index in [9.17, 15) is 5.11 Å². The molecule has 0 fully saturated rings. The third kappa shape index (κ3) is 6.85. The number of fused-ring (bicyclic) bond motifs is 1. The molecule has 0 atom stereocenters. The molecule has 3 rings (SSSR count). The fourth-order valence-corrected chi connectivity index (χ4v) is 2.40. The summed E-state index contributed by atoms with van der Waals surface area (Å²) in [7, 11) is 0. The van der Waals surface area contributed by atoms with Gasteiger partial charge in [-0.25, -0.2) is 0 Å². The number of rotatable bonds is 4. The molecule has 1 heterocycles. The van der Waals surface area contributed by atoms with Crippen molar-refractivity contribution in [2.24, 2.45) is 5.10 Å². The van der Waals surface area contributed by atoms with Gasteiger partial charge in [0.05, 0.1) is 17.4 Å². The van der Waals surface area contributed by atoms with E-state index in [4.69, 9.17) is 23.8 Å². The van der Waals surface area contributed by atoms with Crippen LogP contribution in [0.5, 0.6) is 5.75 Å². The van der Waals surface area contributed by atoms with Crippen molar-refractivity contribution in [3.05, 3.63) is 65.3 Å². The van der Waals surface area contributed by atoms with Crippen LogP contribution < -0.4 is 33.8 Å². The number of nitrogens with zero attached hydrogens (tertiary/aromatic N) is 2. The van der Waals surface area contributed by atoms with Crippen LogP contribution in [0, 0.1) is 0 Å². The minimum Gasteiger partial charge on any atom is -1.00 e. The Morgan fingerprint density at radius 3 is 2.68 bits per heavy atom. The smallest absolute Gasteiger partial charge is 1.00 e. The molecular formula is C17H15Cl2N5O2SZn. The third-order valence-electron chi connectivity index (χ3n) is 3.30. The monoisotopic (exact) mass is 487 g/mol. The molecule has 0 radical (unpaired) electrons. The number of hydrogen-bond acceptors (Lipinski definition) is 5. The molecule has 7 nitrogen and oxygen atoms in total. The van der Waals surface area contributed by atoms with Crippen molar-refractivity contribution >= 4 is 51.7 Å². The maximum Gasteiger partial charge on any atom is 2.00 e. The number of hydrogen-bond donors (Lipinski definition) is 3. The second-order valence-electron chi connectivity index (χ2n) is 5.01. The van der Waals surface area contributed by atoms with Crippen molar-refractivity contribution in [1.29, 1.82) is 0 Å². The fourth-order valence-electron chi connectivity index (χ4n) is 2.13. The van der Waals surface area contributed by atoms with Crippen molar-refractivity contribution in [3.63, 3.8) is 0 Å². The number of aromatic nitrogens is 1. The number of anilines is 1. The van der Waals surface area contributed by atoms with E-state index < -0.39 is 0 Å². The number of hydrazine groups is 1. The number of benzene rings is 2. The molecule has 0 saturated carbocycles. The molecule has 0 aliphatic carbocycles. The summed E-state index contributed by atoms with van der Waals surface area (Å²) in [6.07, 6.45) is 3.09. The van der Waals surface area contributed by atoms with E-state index in [1.807, 2.05) is 12.1 Å². The number of nitrogens with one attached hydrogen (secondary N) is 3. The summed E-state index contributed by atoms with van der Waals surface area (Å²) in [5, 5.41) is 17.3. The summed E-state index contributed by atoms with van der Waals surface area (Å²) in [4.78, 5) is 4.27. The van der Waals surface area contributed by atoms with Gasteiger partial charge < -0.3 is 23.0 Å². The predicted octanol–water partition coefficient (Wildman–Crippen LogP) is -1.04. The van der Waals surface area contributed by atoms with Crippen molar-refractivity contribution < 1.29 is 42.5 Å². The maximum atomic E-state index is 11.6. The molecule has 3 aromatic rings. The van der Waals surface area contributed by atoms with Gasteiger partial charge in [0.2, 0.25) is 5.11 Å². The quantitative estimate of drug-likeness (QED) is 0.187. The summed E-state index contributed by atoms with van der Waals surface area (Å²) >= 11 is 11.1. The molecule has 0 bridgehead atoms. The molecule has 5 N–H and O–H groups in total. The summed E-state index contributed by atoms with van der Waals surface area (Å²) < 4.78 is 0. The summed E-state index contributed by atoms with van der Waals surface area (Å²) in [6, 6.07) is 13.8. The van der Waals surface area contributed by atoms with Crippen LogP contribution in [0.4, 0.5) is 5.69 Å². The van der Waals surface area contributed by atoms with Crippen molar-refractivity contribution in [1.82, 2.24) is 15.8 Å². The van der Waals surface area contributed by atoms with E-state index in [-0.39, 0.29) is 48.2 Å². The van der Waals surface area contributed by atoms with Crippen molar-refractivity contribution in [2.45, 2.75) is 0 Å². The van der Waals surface area contributed by atoms with Gasteiger partial charge in [0.1, 0.15) is 0 Å².